The predicted molar refractivity (Wildman–Crippen MR) is 178 cm³/mol. The molecule has 6 atom stereocenters. The van der Waals surface area contributed by atoms with Crippen LogP contribution in [0.3, 0.4) is 0 Å². The maximum Gasteiger partial charge on any atom is 0.459 e. The number of esters is 1. The molecule has 48 heavy (non-hydrogen) atoms. The van der Waals surface area contributed by atoms with Gasteiger partial charge in [0.15, 0.2) is 23.2 Å². The molecular weight excluding hydrogens is 642 g/mol. The van der Waals surface area contributed by atoms with Crippen molar-refractivity contribution in [1.29, 1.82) is 0 Å². The molecule has 0 saturated carbocycles. The van der Waals surface area contributed by atoms with Crippen molar-refractivity contribution in [1.82, 2.24) is 24.6 Å². The summed E-state index contributed by atoms with van der Waals surface area (Å²) in [4.78, 5) is 27.8. The Morgan fingerprint density at radius 2 is 1.96 bits per heavy atom. The van der Waals surface area contributed by atoms with E-state index in [4.69, 9.17) is 24.9 Å². The number of hydrogen-bond donors (Lipinski definition) is 2. The summed E-state index contributed by atoms with van der Waals surface area (Å²) in [5, 5.41) is 15.2. The van der Waals surface area contributed by atoms with E-state index < -0.39 is 50.5 Å². The highest BCUT2D eigenvalue weighted by atomic mass is 31.2. The molecule has 0 spiro atoms. The first-order chi connectivity index (χ1) is 22.5. The van der Waals surface area contributed by atoms with E-state index in [0.29, 0.717) is 22.5 Å². The standard InChI is InChI=1S/C33H40FN6O7P/c1-9-33(34)27(41)25(46-31(33)40-19-35-26-28(39(7)8)36-21(3)37-29(26)40)17-45-48(43,38-20(2)30(42)44-18-32(4,5)6)47-24-16-12-14-22-13-10-11-15-23(22)24/h1,10-16,19-20,25,27,31,41H,17-18H2,2-8H3,(H,38,43)/t20-,25-,27-,31-,33-,48-/m1/s1. The number of alkyl halides is 1. The quantitative estimate of drug-likeness (QED) is 0.128. The van der Waals surface area contributed by atoms with Crippen molar-refractivity contribution in [3.05, 3.63) is 54.6 Å². The maximum absolute atomic E-state index is 16.5. The number of nitrogens with one attached hydrogen (secondary N) is 1. The third kappa shape index (κ3) is 7.16. The Bertz CT molecular complexity index is 1900. The van der Waals surface area contributed by atoms with Gasteiger partial charge in [-0.25, -0.2) is 23.9 Å². The van der Waals surface area contributed by atoms with Gasteiger partial charge in [-0.15, -0.1) is 6.42 Å². The molecule has 13 nitrogen and oxygen atoms in total. The van der Waals surface area contributed by atoms with Crippen LogP contribution in [0.5, 0.6) is 5.75 Å². The SMILES string of the molecule is C#C[C@@]1(F)[C@H](O)[C@@H](CO[P@](=O)(N[C@H](C)C(=O)OCC(C)(C)C)Oc2cccc3ccccc23)O[C@H]1n1cnc2c(N(C)C)nc(C)nc21. The highest BCUT2D eigenvalue weighted by Crippen LogP contribution is 2.49. The Labute approximate surface area is 278 Å². The Morgan fingerprint density at radius 3 is 2.65 bits per heavy atom. The van der Waals surface area contributed by atoms with Gasteiger partial charge in [-0.1, -0.05) is 63.1 Å². The van der Waals surface area contributed by atoms with Crippen LogP contribution in [-0.2, 0) is 23.4 Å². The normalized spacial score (nSPS) is 23.0. The molecule has 1 aliphatic rings. The summed E-state index contributed by atoms with van der Waals surface area (Å²) in [7, 11) is -0.894. The summed E-state index contributed by atoms with van der Waals surface area (Å²) in [5.41, 5.74) is -2.48. The Hall–Kier alpha value is -4.12. The molecule has 15 heteroatoms. The van der Waals surface area contributed by atoms with Gasteiger partial charge < -0.3 is 24.0 Å². The van der Waals surface area contributed by atoms with E-state index in [2.05, 4.69) is 20.0 Å². The van der Waals surface area contributed by atoms with Crippen molar-refractivity contribution < 1.29 is 37.4 Å². The largest absolute Gasteiger partial charge is 0.464 e. The molecule has 0 bridgehead atoms. The summed E-state index contributed by atoms with van der Waals surface area (Å²) in [6.07, 6.45) is 2.00. The van der Waals surface area contributed by atoms with Crippen molar-refractivity contribution in [2.75, 3.05) is 32.2 Å². The van der Waals surface area contributed by atoms with E-state index in [0.717, 1.165) is 5.39 Å². The molecule has 0 unspecified atom stereocenters. The average molecular weight is 683 g/mol. The molecule has 5 rings (SSSR count). The number of benzene rings is 2. The first kappa shape index (κ1) is 35.2. The molecule has 4 aromatic rings. The summed E-state index contributed by atoms with van der Waals surface area (Å²) >= 11 is 0. The number of carbonyl (C=O) groups is 1. The number of anilines is 1. The fraction of sp³-hybridized carbons (Fsp3) is 0.455. The molecular formula is C33H40FN6O7P. The number of nitrogens with zero attached hydrogens (tertiary/aromatic N) is 5. The highest BCUT2D eigenvalue weighted by molar-refractivity contribution is 7.52. The van der Waals surface area contributed by atoms with Crippen molar-refractivity contribution in [3.63, 3.8) is 0 Å². The number of terminal acetylenes is 1. The minimum atomic E-state index is -4.45. The zero-order valence-electron chi connectivity index (χ0n) is 27.9. The number of hydrogen-bond acceptors (Lipinski definition) is 11. The van der Waals surface area contributed by atoms with Crippen LogP contribution in [0.2, 0.25) is 0 Å². The van der Waals surface area contributed by atoms with Crippen LogP contribution in [0.1, 0.15) is 39.7 Å². The number of imidazole rings is 1. The molecule has 1 fully saturated rings. The summed E-state index contributed by atoms with van der Waals surface area (Å²) < 4.78 is 55.3. The van der Waals surface area contributed by atoms with Gasteiger partial charge >= 0.3 is 13.7 Å². The number of fused-ring (bicyclic) bond motifs is 2. The van der Waals surface area contributed by atoms with Crippen molar-refractivity contribution >= 4 is 41.5 Å². The van der Waals surface area contributed by atoms with Crippen LogP contribution in [0, 0.1) is 24.7 Å². The lowest BCUT2D eigenvalue weighted by molar-refractivity contribution is -0.148. The number of aliphatic hydroxyl groups excluding tert-OH is 1. The number of rotatable bonds is 11. The third-order valence-electron chi connectivity index (χ3n) is 7.59. The average Bonchev–Trinajstić information content (AvgIpc) is 3.55. The second kappa shape index (κ2) is 13.4. The number of ether oxygens (including phenoxy) is 2. The van der Waals surface area contributed by atoms with Crippen LogP contribution >= 0.6 is 7.75 Å². The van der Waals surface area contributed by atoms with Gasteiger partial charge in [0, 0.05) is 19.5 Å². The number of aromatic nitrogens is 4. The van der Waals surface area contributed by atoms with Crippen LogP contribution in [0.25, 0.3) is 21.9 Å². The zero-order chi connectivity index (χ0) is 35.0. The molecule has 3 heterocycles. The first-order valence-corrected chi connectivity index (χ1v) is 16.8. The molecule has 2 aromatic carbocycles. The second-order valence-corrected chi connectivity index (χ2v) is 14.8. The minimum Gasteiger partial charge on any atom is -0.464 e. The van der Waals surface area contributed by atoms with Gasteiger partial charge in [0.05, 0.1) is 19.5 Å². The molecule has 256 valence electrons. The maximum atomic E-state index is 16.5. The Kier molecular flexibility index (Phi) is 9.83. The lowest BCUT2D eigenvalue weighted by Crippen LogP contribution is -2.42. The van der Waals surface area contributed by atoms with E-state index in [-0.39, 0.29) is 23.4 Å². The number of halogens is 1. The smallest absolute Gasteiger partial charge is 0.459 e. The van der Waals surface area contributed by atoms with E-state index in [1.807, 2.05) is 44.9 Å². The lowest BCUT2D eigenvalue weighted by atomic mass is 9.97. The minimum absolute atomic E-state index is 0.116. The molecule has 1 saturated heterocycles. The number of carbonyl (C=O) groups excluding carboxylic acids is 1. The third-order valence-corrected chi connectivity index (χ3v) is 9.22. The summed E-state index contributed by atoms with van der Waals surface area (Å²) in [6, 6.07) is 11.3. The van der Waals surface area contributed by atoms with E-state index in [1.165, 1.54) is 17.8 Å². The van der Waals surface area contributed by atoms with Gasteiger partial charge in [0.25, 0.3) is 0 Å². The molecule has 2 N–H and O–H groups in total. The highest BCUT2D eigenvalue weighted by Gasteiger charge is 2.58. The fourth-order valence-corrected chi connectivity index (χ4v) is 6.69. The number of aliphatic hydroxyl groups is 1. The van der Waals surface area contributed by atoms with Gasteiger partial charge in [-0.3, -0.25) is 13.9 Å². The number of aryl methyl sites for hydroxylation is 1. The van der Waals surface area contributed by atoms with Crippen LogP contribution < -0.4 is 14.5 Å². The first-order valence-electron chi connectivity index (χ1n) is 15.3. The van der Waals surface area contributed by atoms with E-state index >= 15 is 4.39 Å². The van der Waals surface area contributed by atoms with Crippen LogP contribution in [0.4, 0.5) is 10.2 Å². The van der Waals surface area contributed by atoms with E-state index in [9.17, 15) is 14.5 Å². The fourth-order valence-electron chi connectivity index (χ4n) is 5.17. The van der Waals surface area contributed by atoms with Gasteiger partial charge in [0.1, 0.15) is 29.8 Å². The topological polar surface area (TPSA) is 150 Å². The summed E-state index contributed by atoms with van der Waals surface area (Å²) in [6.45, 7) is 8.30. The molecule has 1 aliphatic heterocycles. The molecule has 0 radical (unpaired) electrons. The molecule has 0 aliphatic carbocycles. The van der Waals surface area contributed by atoms with Crippen molar-refractivity contribution in [2.24, 2.45) is 5.41 Å². The lowest BCUT2D eigenvalue weighted by Gasteiger charge is -2.26. The zero-order valence-corrected chi connectivity index (χ0v) is 28.8. The monoisotopic (exact) mass is 682 g/mol. The Balaban J connectivity index is 1.43. The summed E-state index contributed by atoms with van der Waals surface area (Å²) in [5.74, 6) is 2.42. The molecule has 2 aromatic heterocycles. The van der Waals surface area contributed by atoms with Gasteiger partial charge in [-0.2, -0.15) is 5.09 Å². The Morgan fingerprint density at radius 1 is 1.25 bits per heavy atom. The van der Waals surface area contributed by atoms with Crippen LogP contribution in [-0.4, -0.2) is 81.8 Å². The van der Waals surface area contributed by atoms with E-state index in [1.54, 1.807) is 50.2 Å². The van der Waals surface area contributed by atoms with Crippen molar-refractivity contribution in [2.45, 2.75) is 64.8 Å². The van der Waals surface area contributed by atoms with Crippen molar-refractivity contribution in [3.8, 4) is 18.1 Å². The van der Waals surface area contributed by atoms with Gasteiger partial charge in [0.2, 0.25) is 5.67 Å². The van der Waals surface area contributed by atoms with Gasteiger partial charge in [-0.05, 0) is 30.7 Å². The molecule has 0 amide bonds. The second-order valence-electron chi connectivity index (χ2n) is 13.1. The van der Waals surface area contributed by atoms with Crippen LogP contribution in [0.15, 0.2) is 48.8 Å². The predicted octanol–water partition coefficient (Wildman–Crippen LogP) is 4.72.